The number of furan rings is 1. The number of hydrogen-bond acceptors (Lipinski definition) is 2. The van der Waals surface area contributed by atoms with Crippen molar-refractivity contribution in [1.82, 2.24) is 4.57 Å². The van der Waals surface area contributed by atoms with E-state index in [1.54, 1.807) is 0 Å². The fraction of sp³-hybridized carbons (Fsp3) is 0. The van der Waals surface area contributed by atoms with Crippen molar-refractivity contribution in [2.45, 2.75) is 0 Å². The van der Waals surface area contributed by atoms with E-state index in [2.05, 4.69) is 216 Å². The Hall–Kier alpha value is -7.88. The first-order valence-corrected chi connectivity index (χ1v) is 20.2. The van der Waals surface area contributed by atoms with Gasteiger partial charge >= 0.3 is 0 Å². The molecule has 0 N–H and O–H groups in total. The van der Waals surface area contributed by atoms with Gasteiger partial charge in [0.2, 0.25) is 0 Å². The van der Waals surface area contributed by atoms with Crippen LogP contribution in [0, 0.1) is 0 Å². The molecule has 2 aromatic heterocycles. The van der Waals surface area contributed by atoms with E-state index in [0.29, 0.717) is 0 Å². The van der Waals surface area contributed by atoms with Crippen LogP contribution in [0.1, 0.15) is 0 Å². The molecule has 0 radical (unpaired) electrons. The van der Waals surface area contributed by atoms with Crippen LogP contribution < -0.4 is 4.90 Å². The first kappa shape index (κ1) is 33.3. The van der Waals surface area contributed by atoms with Crippen molar-refractivity contribution in [3.8, 4) is 27.9 Å². The average Bonchev–Trinajstić information content (AvgIpc) is 3.85. The molecule has 2 heterocycles. The van der Waals surface area contributed by atoms with Gasteiger partial charge in [-0.05, 0) is 105 Å². The van der Waals surface area contributed by atoms with Gasteiger partial charge in [-0.15, -0.1) is 0 Å². The lowest BCUT2D eigenvalue weighted by Crippen LogP contribution is -2.12. The molecule has 0 spiro atoms. The molecular formula is C56H36N2O. The Labute approximate surface area is 341 Å². The molecular weight excluding hydrogens is 717 g/mol. The molecule has 10 aromatic carbocycles. The van der Waals surface area contributed by atoms with E-state index < -0.39 is 0 Å². The summed E-state index contributed by atoms with van der Waals surface area (Å²) in [4.78, 5) is 2.43. The summed E-state index contributed by atoms with van der Waals surface area (Å²) in [5, 5.41) is 9.74. The third-order valence-electron chi connectivity index (χ3n) is 11.9. The highest BCUT2D eigenvalue weighted by Gasteiger charge is 2.21. The van der Waals surface area contributed by atoms with Gasteiger partial charge in [0, 0.05) is 44.2 Å². The minimum absolute atomic E-state index is 0.888. The van der Waals surface area contributed by atoms with E-state index in [-0.39, 0.29) is 0 Å². The maximum atomic E-state index is 6.35. The number of para-hydroxylation sites is 4. The summed E-state index contributed by atoms with van der Waals surface area (Å²) in [5.41, 5.74) is 13.1. The number of benzene rings is 10. The average molecular weight is 753 g/mol. The second kappa shape index (κ2) is 13.4. The largest absolute Gasteiger partial charge is 0.456 e. The first-order valence-electron chi connectivity index (χ1n) is 20.2. The zero-order valence-electron chi connectivity index (χ0n) is 32.1. The summed E-state index contributed by atoms with van der Waals surface area (Å²) < 4.78 is 8.74. The zero-order chi connectivity index (χ0) is 38.9. The lowest BCUT2D eigenvalue weighted by molar-refractivity contribution is 0.669. The van der Waals surface area contributed by atoms with Crippen molar-refractivity contribution >= 4 is 82.4 Å². The van der Waals surface area contributed by atoms with Crippen LogP contribution in [0.3, 0.4) is 0 Å². The van der Waals surface area contributed by atoms with Crippen LogP contribution in [-0.4, -0.2) is 4.57 Å². The van der Waals surface area contributed by atoms with Crippen molar-refractivity contribution in [2.24, 2.45) is 0 Å². The van der Waals surface area contributed by atoms with Crippen LogP contribution in [0.25, 0.3) is 93.2 Å². The molecule has 0 amide bonds. The van der Waals surface area contributed by atoms with E-state index in [9.17, 15) is 0 Å². The fourth-order valence-corrected chi connectivity index (χ4v) is 9.32. The van der Waals surface area contributed by atoms with Crippen molar-refractivity contribution in [2.75, 3.05) is 4.90 Å². The van der Waals surface area contributed by atoms with Gasteiger partial charge in [-0.2, -0.15) is 0 Å². The smallest absolute Gasteiger partial charge is 0.136 e. The van der Waals surface area contributed by atoms with Gasteiger partial charge < -0.3 is 13.9 Å². The second-order valence-electron chi connectivity index (χ2n) is 15.3. The molecule has 0 aliphatic carbocycles. The molecule has 3 heteroatoms. The van der Waals surface area contributed by atoms with Crippen LogP contribution in [0.15, 0.2) is 223 Å². The summed E-state index contributed by atoms with van der Waals surface area (Å²) in [6.45, 7) is 0. The Bertz CT molecular complexity index is 3540. The molecule has 3 nitrogen and oxygen atoms in total. The fourth-order valence-electron chi connectivity index (χ4n) is 9.32. The number of anilines is 3. The lowest BCUT2D eigenvalue weighted by Gasteiger charge is -2.29. The summed E-state index contributed by atoms with van der Waals surface area (Å²) >= 11 is 0. The number of aromatic nitrogens is 1. The van der Waals surface area contributed by atoms with Crippen LogP contribution in [0.5, 0.6) is 0 Å². The minimum Gasteiger partial charge on any atom is -0.456 e. The molecule has 276 valence electrons. The van der Waals surface area contributed by atoms with Gasteiger partial charge in [0.1, 0.15) is 11.2 Å². The predicted molar refractivity (Wildman–Crippen MR) is 249 cm³/mol. The maximum Gasteiger partial charge on any atom is 0.136 e. The monoisotopic (exact) mass is 752 g/mol. The number of fused-ring (bicyclic) bond motifs is 9. The van der Waals surface area contributed by atoms with Crippen molar-refractivity contribution in [3.63, 3.8) is 0 Å². The molecule has 59 heavy (non-hydrogen) atoms. The zero-order valence-corrected chi connectivity index (χ0v) is 32.1. The van der Waals surface area contributed by atoms with E-state index in [1.807, 2.05) is 12.1 Å². The molecule has 0 aliphatic rings. The molecule has 0 bridgehead atoms. The molecule has 12 aromatic rings. The van der Waals surface area contributed by atoms with Gasteiger partial charge in [0.25, 0.3) is 0 Å². The molecule has 0 unspecified atom stereocenters. The molecule has 0 atom stereocenters. The highest BCUT2D eigenvalue weighted by atomic mass is 16.3. The third kappa shape index (κ3) is 5.36. The number of hydrogen-bond donors (Lipinski definition) is 0. The second-order valence-corrected chi connectivity index (χ2v) is 15.3. The van der Waals surface area contributed by atoms with Crippen molar-refractivity contribution < 1.29 is 4.42 Å². The molecule has 0 saturated heterocycles. The summed E-state index contributed by atoms with van der Waals surface area (Å²) in [6.07, 6.45) is 0. The highest BCUT2D eigenvalue weighted by Crippen LogP contribution is 2.45. The highest BCUT2D eigenvalue weighted by molar-refractivity contribution is 6.13. The van der Waals surface area contributed by atoms with Crippen LogP contribution >= 0.6 is 0 Å². The minimum atomic E-state index is 0.888. The van der Waals surface area contributed by atoms with E-state index in [4.69, 9.17) is 4.42 Å². The topological polar surface area (TPSA) is 21.3 Å². The molecule has 0 saturated carbocycles. The maximum absolute atomic E-state index is 6.35. The Kier molecular flexibility index (Phi) is 7.54. The van der Waals surface area contributed by atoms with Crippen LogP contribution in [0.4, 0.5) is 17.1 Å². The lowest BCUT2D eigenvalue weighted by atomic mass is 9.95. The normalized spacial score (nSPS) is 11.7. The van der Waals surface area contributed by atoms with Gasteiger partial charge in [-0.1, -0.05) is 152 Å². The number of nitrogens with zero attached hydrogens (tertiary/aromatic N) is 2. The molecule has 0 fully saturated rings. The Balaban J connectivity index is 1.08. The SMILES string of the molecule is c1cc(-c2cccc3oc4ccccc4c23)cc(N(c2cccc(-n3c4ccccc4c4ccccc43)c2)c2ccccc2-c2ccc3c(ccc4ccccc43)c2)c1. The van der Waals surface area contributed by atoms with Crippen molar-refractivity contribution in [3.05, 3.63) is 218 Å². The van der Waals surface area contributed by atoms with Gasteiger partial charge in [0.05, 0.1) is 16.7 Å². The number of rotatable bonds is 6. The third-order valence-corrected chi connectivity index (χ3v) is 11.9. The first-order chi connectivity index (χ1) is 29.3. The van der Waals surface area contributed by atoms with E-state index in [1.165, 1.54) is 43.4 Å². The Morgan fingerprint density at radius 2 is 0.949 bits per heavy atom. The predicted octanol–water partition coefficient (Wildman–Crippen LogP) is 15.8. The summed E-state index contributed by atoms with van der Waals surface area (Å²) in [5.74, 6) is 0. The van der Waals surface area contributed by atoms with Crippen LogP contribution in [0.2, 0.25) is 0 Å². The molecule has 0 aliphatic heterocycles. The molecule has 12 rings (SSSR count). The van der Waals surface area contributed by atoms with Gasteiger partial charge in [0.15, 0.2) is 0 Å². The van der Waals surface area contributed by atoms with E-state index >= 15 is 0 Å². The van der Waals surface area contributed by atoms with Crippen LogP contribution in [-0.2, 0) is 0 Å². The van der Waals surface area contributed by atoms with E-state index in [0.717, 1.165) is 66.9 Å². The summed E-state index contributed by atoms with van der Waals surface area (Å²) in [7, 11) is 0. The van der Waals surface area contributed by atoms with Gasteiger partial charge in [-0.3, -0.25) is 0 Å². The quantitative estimate of drug-likeness (QED) is 0.158. The Morgan fingerprint density at radius 1 is 0.356 bits per heavy atom. The summed E-state index contributed by atoms with van der Waals surface area (Å²) in [6, 6.07) is 78.9. The van der Waals surface area contributed by atoms with Crippen molar-refractivity contribution in [1.29, 1.82) is 0 Å². The Morgan fingerprint density at radius 3 is 1.80 bits per heavy atom. The standard InChI is InChI=1S/C56H36N2O/c1-2-19-44-37(14-1)30-31-39-34-40(32-33-45(39)44)46-20-3-7-25-51(46)57(41-16-11-15-38(35-41)47-24-13-29-55-56(47)50-23-6-10-28-54(50)59-55)42-17-12-18-43(36-42)58-52-26-8-4-21-48(52)49-22-5-9-27-53(49)58/h1-36H. The van der Waals surface area contributed by atoms with Gasteiger partial charge in [-0.25, -0.2) is 0 Å².